The van der Waals surface area contributed by atoms with Crippen molar-refractivity contribution in [2.45, 2.75) is 51.8 Å². The van der Waals surface area contributed by atoms with Crippen molar-refractivity contribution in [3.63, 3.8) is 0 Å². The van der Waals surface area contributed by atoms with Crippen molar-refractivity contribution in [2.75, 3.05) is 6.61 Å². The maximum Gasteiger partial charge on any atom is 0.311 e. The molecule has 122 valence electrons. The first-order chi connectivity index (χ1) is 10.4. The average molecular weight is 308 g/mol. The Kier molecular flexibility index (Phi) is 5.56. The van der Waals surface area contributed by atoms with Crippen molar-refractivity contribution in [1.82, 2.24) is 0 Å². The number of esters is 1. The predicted octanol–water partition coefficient (Wildman–Crippen LogP) is 2.27. The van der Waals surface area contributed by atoms with Crippen LogP contribution in [0.25, 0.3) is 0 Å². The summed E-state index contributed by atoms with van der Waals surface area (Å²) < 4.78 is 16.3. The molecule has 1 heterocycles. The van der Waals surface area contributed by atoms with Gasteiger partial charge < -0.3 is 19.3 Å². The van der Waals surface area contributed by atoms with Gasteiger partial charge in [0.05, 0.1) is 24.7 Å². The van der Waals surface area contributed by atoms with Gasteiger partial charge in [-0.25, -0.2) is 0 Å². The highest BCUT2D eigenvalue weighted by molar-refractivity contribution is 5.72. The zero-order valence-corrected chi connectivity index (χ0v) is 13.3. The summed E-state index contributed by atoms with van der Waals surface area (Å²) in [5.41, 5.74) is 0.923. The third-order valence-corrected chi connectivity index (χ3v) is 3.74. The first-order valence-electron chi connectivity index (χ1n) is 7.58. The number of ether oxygens (including phenoxy) is 3. The van der Waals surface area contributed by atoms with Gasteiger partial charge in [0.2, 0.25) is 0 Å². The summed E-state index contributed by atoms with van der Waals surface area (Å²) in [6, 6.07) is 9.46. The second-order valence-electron chi connectivity index (χ2n) is 6.14. The molecule has 1 aliphatic rings. The van der Waals surface area contributed by atoms with Gasteiger partial charge in [-0.3, -0.25) is 4.79 Å². The molecular formula is C17H24O5. The summed E-state index contributed by atoms with van der Waals surface area (Å²) in [6.45, 7) is 5.97. The first-order valence-corrected chi connectivity index (χ1v) is 7.58. The van der Waals surface area contributed by atoms with Crippen LogP contribution in [-0.4, -0.2) is 35.7 Å². The fourth-order valence-electron chi connectivity index (χ4n) is 2.37. The van der Waals surface area contributed by atoms with E-state index in [1.54, 1.807) is 6.92 Å². The quantitative estimate of drug-likeness (QED) is 0.817. The fraction of sp³-hybridized carbons (Fsp3) is 0.588. The number of aliphatic hydroxyl groups excluding tert-OH is 1. The lowest BCUT2D eigenvalue weighted by atomic mass is 9.99. The zero-order valence-electron chi connectivity index (χ0n) is 13.3. The molecule has 0 spiro atoms. The number of hydrogen-bond acceptors (Lipinski definition) is 5. The van der Waals surface area contributed by atoms with Crippen molar-refractivity contribution in [1.29, 1.82) is 0 Å². The average Bonchev–Trinajstić information content (AvgIpc) is 2.83. The summed E-state index contributed by atoms with van der Waals surface area (Å²) in [5.74, 6) is -1.63. The Hall–Kier alpha value is -1.43. The molecule has 0 aromatic heterocycles. The largest absolute Gasteiger partial charge is 0.461 e. The highest BCUT2D eigenvalue weighted by atomic mass is 16.7. The Labute approximate surface area is 131 Å². The summed E-state index contributed by atoms with van der Waals surface area (Å²) in [4.78, 5) is 12.0. The van der Waals surface area contributed by atoms with Crippen LogP contribution in [0.15, 0.2) is 30.3 Å². The number of carbonyl (C=O) groups is 1. The number of carbonyl (C=O) groups excluding carboxylic acids is 1. The molecule has 1 fully saturated rings. The number of aliphatic hydroxyl groups is 1. The van der Waals surface area contributed by atoms with E-state index in [0.29, 0.717) is 13.0 Å². The Morgan fingerprint density at radius 3 is 2.68 bits per heavy atom. The third-order valence-electron chi connectivity index (χ3n) is 3.74. The van der Waals surface area contributed by atoms with E-state index in [9.17, 15) is 9.90 Å². The van der Waals surface area contributed by atoms with E-state index in [4.69, 9.17) is 14.2 Å². The van der Waals surface area contributed by atoms with E-state index in [1.165, 1.54) is 0 Å². The van der Waals surface area contributed by atoms with Crippen LogP contribution in [0.3, 0.4) is 0 Å². The lowest BCUT2D eigenvalue weighted by Crippen LogP contribution is -2.32. The molecule has 1 aliphatic heterocycles. The van der Waals surface area contributed by atoms with Crippen LogP contribution < -0.4 is 0 Å². The van der Waals surface area contributed by atoms with Crippen LogP contribution in [0.4, 0.5) is 0 Å². The third kappa shape index (κ3) is 4.80. The fourth-order valence-corrected chi connectivity index (χ4v) is 2.37. The molecule has 5 nitrogen and oxygen atoms in total. The van der Waals surface area contributed by atoms with E-state index in [2.05, 4.69) is 0 Å². The maximum atomic E-state index is 12.0. The molecular weight excluding hydrogens is 284 g/mol. The topological polar surface area (TPSA) is 65.0 Å². The van der Waals surface area contributed by atoms with Gasteiger partial charge in [0.1, 0.15) is 6.61 Å². The molecule has 22 heavy (non-hydrogen) atoms. The summed E-state index contributed by atoms with van der Waals surface area (Å²) in [5, 5.41) is 10.2. The van der Waals surface area contributed by atoms with Gasteiger partial charge in [0.25, 0.3) is 0 Å². The van der Waals surface area contributed by atoms with Crippen molar-refractivity contribution in [3.05, 3.63) is 35.9 Å². The molecule has 3 atom stereocenters. The maximum absolute atomic E-state index is 12.0. The van der Waals surface area contributed by atoms with Crippen LogP contribution >= 0.6 is 0 Å². The molecule has 1 aromatic carbocycles. The SMILES string of the molecule is C[C@@H](C(=O)OCc1ccccc1)[C@@H](O)C[C@H]1COC(C)(C)O1. The molecule has 0 bridgehead atoms. The van der Waals surface area contributed by atoms with Crippen molar-refractivity contribution in [3.8, 4) is 0 Å². The van der Waals surface area contributed by atoms with Crippen LogP contribution in [0.5, 0.6) is 0 Å². The van der Waals surface area contributed by atoms with Crippen molar-refractivity contribution >= 4 is 5.97 Å². The first kappa shape index (κ1) is 16.9. The zero-order chi connectivity index (χ0) is 16.2. The molecule has 0 radical (unpaired) electrons. The minimum Gasteiger partial charge on any atom is -0.461 e. The molecule has 0 amide bonds. The summed E-state index contributed by atoms with van der Waals surface area (Å²) in [6.07, 6.45) is -0.662. The van der Waals surface area contributed by atoms with Gasteiger partial charge >= 0.3 is 5.97 Å². The van der Waals surface area contributed by atoms with E-state index < -0.39 is 23.8 Å². The molecule has 0 aliphatic carbocycles. The van der Waals surface area contributed by atoms with Crippen molar-refractivity contribution in [2.24, 2.45) is 5.92 Å². The Balaban J connectivity index is 1.77. The minimum absolute atomic E-state index is 0.200. The summed E-state index contributed by atoms with van der Waals surface area (Å²) >= 11 is 0. The van der Waals surface area contributed by atoms with Crippen molar-refractivity contribution < 1.29 is 24.1 Å². The van der Waals surface area contributed by atoms with Crippen LogP contribution in [-0.2, 0) is 25.6 Å². The Morgan fingerprint density at radius 2 is 2.09 bits per heavy atom. The van der Waals surface area contributed by atoms with E-state index in [0.717, 1.165) is 5.56 Å². The van der Waals surface area contributed by atoms with Gasteiger partial charge in [-0.1, -0.05) is 30.3 Å². The monoisotopic (exact) mass is 308 g/mol. The highest BCUT2D eigenvalue weighted by Gasteiger charge is 2.35. The normalized spacial score (nSPS) is 23.0. The molecule has 5 heteroatoms. The van der Waals surface area contributed by atoms with Crippen LogP contribution in [0, 0.1) is 5.92 Å². The number of hydrogen-bond donors (Lipinski definition) is 1. The number of benzene rings is 1. The molecule has 0 saturated carbocycles. The summed E-state index contributed by atoms with van der Waals surface area (Å²) in [7, 11) is 0. The molecule has 2 rings (SSSR count). The predicted molar refractivity (Wildman–Crippen MR) is 80.9 cm³/mol. The van der Waals surface area contributed by atoms with Crippen LogP contribution in [0.1, 0.15) is 32.8 Å². The lowest BCUT2D eigenvalue weighted by Gasteiger charge is -2.21. The second kappa shape index (κ2) is 7.22. The smallest absolute Gasteiger partial charge is 0.311 e. The highest BCUT2D eigenvalue weighted by Crippen LogP contribution is 2.26. The Bertz CT molecular complexity index is 485. The van der Waals surface area contributed by atoms with E-state index >= 15 is 0 Å². The standard InChI is InChI=1S/C17H24O5/c1-12(15(18)9-14-11-21-17(2,3)22-14)16(19)20-10-13-7-5-4-6-8-13/h4-8,12,14-15,18H,9-11H2,1-3H3/t12-,14+,15+/m1/s1. The molecule has 1 aromatic rings. The second-order valence-corrected chi connectivity index (χ2v) is 6.14. The van der Waals surface area contributed by atoms with E-state index in [-0.39, 0.29) is 12.7 Å². The molecule has 1 saturated heterocycles. The van der Waals surface area contributed by atoms with Gasteiger partial charge in [0, 0.05) is 6.42 Å². The van der Waals surface area contributed by atoms with E-state index in [1.807, 2.05) is 44.2 Å². The molecule has 1 N–H and O–H groups in total. The van der Waals surface area contributed by atoms with Gasteiger partial charge in [0.15, 0.2) is 5.79 Å². The molecule has 0 unspecified atom stereocenters. The van der Waals surface area contributed by atoms with Gasteiger partial charge in [-0.05, 0) is 26.3 Å². The number of rotatable bonds is 6. The van der Waals surface area contributed by atoms with Crippen LogP contribution in [0.2, 0.25) is 0 Å². The minimum atomic E-state index is -0.814. The van der Waals surface area contributed by atoms with Gasteiger partial charge in [-0.15, -0.1) is 0 Å². The van der Waals surface area contributed by atoms with Gasteiger partial charge in [-0.2, -0.15) is 0 Å². The Morgan fingerprint density at radius 1 is 1.41 bits per heavy atom. The lowest BCUT2D eigenvalue weighted by molar-refractivity contribution is -0.155.